The summed E-state index contributed by atoms with van der Waals surface area (Å²) in [5.41, 5.74) is 9.95. The van der Waals surface area contributed by atoms with Crippen LogP contribution in [0, 0.1) is 0 Å². The van der Waals surface area contributed by atoms with Crippen molar-refractivity contribution in [3.63, 3.8) is 0 Å². The van der Waals surface area contributed by atoms with Crippen LogP contribution in [0.1, 0.15) is 39.2 Å². The van der Waals surface area contributed by atoms with Gasteiger partial charge in [0.25, 0.3) is 0 Å². The summed E-state index contributed by atoms with van der Waals surface area (Å²) in [7, 11) is 2.14. The molecule has 0 bridgehead atoms. The van der Waals surface area contributed by atoms with Gasteiger partial charge in [0.05, 0.1) is 11.0 Å². The molecule has 0 unspecified atom stereocenters. The topological polar surface area (TPSA) is 26.1 Å². The monoisotopic (exact) mass is 559 g/mol. The van der Waals surface area contributed by atoms with Crippen molar-refractivity contribution in [2.24, 2.45) is 7.05 Å². The molecule has 0 saturated heterocycles. The molecular weight excluding hydrogens is 524 g/mol. The Kier molecular flexibility index (Phi) is 5.70. The number of nitrogens with zero attached hydrogens (tertiary/aromatic N) is 4. The van der Waals surface area contributed by atoms with Crippen molar-refractivity contribution in [3.05, 3.63) is 121 Å². The molecule has 0 N–H and O–H groups in total. The molecule has 210 valence electrons. The average molecular weight is 560 g/mol. The number of hydrogen-bond acceptors (Lipinski definition) is 1. The van der Waals surface area contributed by atoms with Crippen LogP contribution in [0.5, 0.6) is 0 Å². The molecule has 4 heteroatoms. The van der Waals surface area contributed by atoms with Crippen LogP contribution in [-0.4, -0.2) is 14.1 Å². The maximum Gasteiger partial charge on any atom is 0.196 e. The molecule has 43 heavy (non-hydrogen) atoms. The van der Waals surface area contributed by atoms with Gasteiger partial charge < -0.3 is 4.57 Å². The first-order chi connectivity index (χ1) is 21.0. The minimum absolute atomic E-state index is 0.0127. The smallest absolute Gasteiger partial charge is 0.196 e. The minimum atomic E-state index is 0.0127. The van der Waals surface area contributed by atoms with Crippen LogP contribution in [0.3, 0.4) is 0 Å². The van der Waals surface area contributed by atoms with E-state index in [1.165, 1.54) is 71.4 Å². The molecule has 0 fully saturated rings. The van der Waals surface area contributed by atoms with Crippen LogP contribution in [0.15, 0.2) is 116 Å². The van der Waals surface area contributed by atoms with E-state index in [1.807, 2.05) is 12.4 Å². The second kappa shape index (κ2) is 9.53. The quantitative estimate of drug-likeness (QED) is 0.152. The van der Waals surface area contributed by atoms with Gasteiger partial charge in [-0.3, -0.25) is 4.98 Å². The summed E-state index contributed by atoms with van der Waals surface area (Å²) in [4.78, 5) is 4.60. The van der Waals surface area contributed by atoms with Crippen molar-refractivity contribution in [3.8, 4) is 16.8 Å². The maximum atomic E-state index is 4.60. The number of fused-ring (bicyclic) bond motifs is 9. The van der Waals surface area contributed by atoms with Crippen molar-refractivity contribution in [1.29, 1.82) is 0 Å². The molecule has 8 aromatic rings. The molecule has 4 heterocycles. The van der Waals surface area contributed by atoms with Gasteiger partial charge in [0, 0.05) is 51.1 Å². The predicted molar refractivity (Wildman–Crippen MR) is 179 cm³/mol. The van der Waals surface area contributed by atoms with Gasteiger partial charge in [-0.1, -0.05) is 69.3 Å². The summed E-state index contributed by atoms with van der Waals surface area (Å²) in [6, 6.07) is 35.7. The Hall–Kier alpha value is -4.96. The first-order valence-electron chi connectivity index (χ1n) is 15.3. The zero-order valence-corrected chi connectivity index (χ0v) is 25.2. The fraction of sp³-hybridized carbons (Fsp3) is 0.179. The SMILES string of the molecule is CCC(C)(CC)c1cc(-c2cccc(-n3c4ccccc4c4ccccc43)c2)cc2c3cnccc3c3cc[n+](C)n3c12. The molecule has 0 aliphatic heterocycles. The Bertz CT molecular complexity index is 2300. The third-order valence-corrected chi connectivity index (χ3v) is 9.93. The second-order valence-electron chi connectivity index (χ2n) is 12.1. The third kappa shape index (κ3) is 3.69. The van der Waals surface area contributed by atoms with E-state index >= 15 is 0 Å². The summed E-state index contributed by atoms with van der Waals surface area (Å²) in [5, 5.41) is 6.21. The summed E-state index contributed by atoms with van der Waals surface area (Å²) in [6.07, 6.45) is 8.23. The highest BCUT2D eigenvalue weighted by atomic mass is 15.3. The average Bonchev–Trinajstić information content (AvgIpc) is 3.62. The third-order valence-electron chi connectivity index (χ3n) is 9.93. The van der Waals surface area contributed by atoms with Crippen LogP contribution in [-0.2, 0) is 12.5 Å². The van der Waals surface area contributed by atoms with Crippen LogP contribution in [0.25, 0.3) is 65.8 Å². The lowest BCUT2D eigenvalue weighted by molar-refractivity contribution is -0.735. The van der Waals surface area contributed by atoms with Crippen LogP contribution >= 0.6 is 0 Å². The standard InChI is InChI=1S/C39H35N4/c1-5-39(3,6-2)34-24-27(23-32-33-25-40-20-18-31(33)37-19-21-41(4)43(37)38(32)34)26-12-11-13-28(22-26)42-35-16-9-7-14-29(35)30-15-8-10-17-36(30)42/h7-25H,5-6H2,1-4H3/q+1. The van der Waals surface area contributed by atoms with E-state index in [0.29, 0.717) is 0 Å². The predicted octanol–water partition coefficient (Wildman–Crippen LogP) is 9.31. The highest BCUT2D eigenvalue weighted by Gasteiger charge is 2.29. The number of rotatable bonds is 5. The summed E-state index contributed by atoms with van der Waals surface area (Å²) in [5.74, 6) is 0. The molecule has 0 saturated carbocycles. The largest absolute Gasteiger partial charge is 0.309 e. The van der Waals surface area contributed by atoms with E-state index < -0.39 is 0 Å². The van der Waals surface area contributed by atoms with Gasteiger partial charge in [0.15, 0.2) is 13.2 Å². The van der Waals surface area contributed by atoms with Crippen LogP contribution in [0.2, 0.25) is 0 Å². The lowest BCUT2D eigenvalue weighted by Gasteiger charge is -2.29. The number of para-hydroxylation sites is 2. The summed E-state index contributed by atoms with van der Waals surface area (Å²) >= 11 is 0. The Morgan fingerprint density at radius 1 is 0.674 bits per heavy atom. The normalized spacial score (nSPS) is 12.4. The molecule has 4 aromatic carbocycles. The van der Waals surface area contributed by atoms with Gasteiger partial charge in [-0.15, -0.1) is 9.20 Å². The Labute approximate surface area is 251 Å². The Morgan fingerprint density at radius 2 is 1.37 bits per heavy atom. The van der Waals surface area contributed by atoms with Crippen molar-refractivity contribution >= 4 is 49.0 Å². The number of pyridine rings is 2. The van der Waals surface area contributed by atoms with Crippen molar-refractivity contribution in [1.82, 2.24) is 14.1 Å². The van der Waals surface area contributed by atoms with Gasteiger partial charge in [0.2, 0.25) is 0 Å². The maximum absolute atomic E-state index is 4.60. The molecule has 0 atom stereocenters. The number of benzene rings is 4. The molecule has 4 nitrogen and oxygen atoms in total. The summed E-state index contributed by atoms with van der Waals surface area (Å²) in [6.45, 7) is 7.06. The minimum Gasteiger partial charge on any atom is -0.309 e. The van der Waals surface area contributed by atoms with E-state index in [9.17, 15) is 0 Å². The molecule has 0 radical (unpaired) electrons. The van der Waals surface area contributed by atoms with Crippen LogP contribution in [0.4, 0.5) is 0 Å². The first kappa shape index (κ1) is 25.7. The van der Waals surface area contributed by atoms with Crippen LogP contribution < -0.4 is 4.68 Å². The zero-order chi connectivity index (χ0) is 29.3. The van der Waals surface area contributed by atoms with E-state index in [2.05, 4.69) is 150 Å². The molecule has 0 spiro atoms. The summed E-state index contributed by atoms with van der Waals surface area (Å²) < 4.78 is 7.02. The van der Waals surface area contributed by atoms with E-state index in [0.717, 1.165) is 12.8 Å². The van der Waals surface area contributed by atoms with Crippen molar-refractivity contribution in [2.45, 2.75) is 39.0 Å². The van der Waals surface area contributed by atoms with Gasteiger partial charge in [0.1, 0.15) is 11.0 Å². The number of aryl methyl sites for hydroxylation is 1. The highest BCUT2D eigenvalue weighted by molar-refractivity contribution is 6.14. The Morgan fingerprint density at radius 3 is 2.09 bits per heavy atom. The van der Waals surface area contributed by atoms with Gasteiger partial charge in [-0.2, -0.15) is 0 Å². The number of hydrogen-bond donors (Lipinski definition) is 0. The second-order valence-corrected chi connectivity index (χ2v) is 12.1. The van der Waals surface area contributed by atoms with Gasteiger partial charge in [-0.05, 0) is 77.4 Å². The fourth-order valence-corrected chi connectivity index (χ4v) is 7.15. The molecular formula is C39H35N4+. The fourth-order valence-electron chi connectivity index (χ4n) is 7.15. The molecule has 4 aromatic heterocycles. The van der Waals surface area contributed by atoms with Gasteiger partial charge in [-0.25, -0.2) is 0 Å². The Balaban J connectivity index is 1.46. The van der Waals surface area contributed by atoms with E-state index in [-0.39, 0.29) is 5.41 Å². The molecule has 0 aliphatic carbocycles. The van der Waals surface area contributed by atoms with E-state index in [4.69, 9.17) is 0 Å². The zero-order valence-electron chi connectivity index (χ0n) is 25.2. The first-order valence-corrected chi connectivity index (χ1v) is 15.3. The molecule has 0 aliphatic rings. The molecule has 0 amide bonds. The lowest BCUT2D eigenvalue weighted by Crippen LogP contribution is -2.35. The highest BCUT2D eigenvalue weighted by Crippen LogP contribution is 2.42. The van der Waals surface area contributed by atoms with E-state index in [1.54, 1.807) is 0 Å². The van der Waals surface area contributed by atoms with Crippen molar-refractivity contribution in [2.75, 3.05) is 0 Å². The molecule has 8 rings (SSSR count). The van der Waals surface area contributed by atoms with Gasteiger partial charge >= 0.3 is 0 Å². The number of aromatic nitrogens is 4. The van der Waals surface area contributed by atoms with Crippen molar-refractivity contribution < 1.29 is 4.68 Å². The lowest BCUT2D eigenvalue weighted by atomic mass is 9.75.